The minimum atomic E-state index is -0.0945. The van der Waals surface area contributed by atoms with Gasteiger partial charge in [-0.1, -0.05) is 37.3 Å². The van der Waals surface area contributed by atoms with Crippen LogP contribution in [-0.4, -0.2) is 34.3 Å². The highest BCUT2D eigenvalue weighted by Gasteiger charge is 2.16. The monoisotopic (exact) mass is 349 g/mol. The smallest absolute Gasteiger partial charge is 0.287 e. The van der Waals surface area contributed by atoms with Crippen LogP contribution in [0.15, 0.2) is 53.6 Å². The van der Waals surface area contributed by atoms with Crippen LogP contribution in [0, 0.1) is 0 Å². The number of tetrazole rings is 1. The van der Waals surface area contributed by atoms with Gasteiger partial charge >= 0.3 is 5.69 Å². The van der Waals surface area contributed by atoms with Crippen LogP contribution in [0.2, 0.25) is 0 Å². The summed E-state index contributed by atoms with van der Waals surface area (Å²) in [5, 5.41) is 11.8. The summed E-state index contributed by atoms with van der Waals surface area (Å²) < 4.78 is 5.19. The lowest BCUT2D eigenvalue weighted by molar-refractivity contribution is 0.541. The molecular weight excluding hydrogens is 330 g/mol. The van der Waals surface area contributed by atoms with Crippen LogP contribution in [0.3, 0.4) is 0 Å². The van der Waals surface area contributed by atoms with E-state index < -0.39 is 0 Å². The van der Waals surface area contributed by atoms with Crippen molar-refractivity contribution < 1.29 is 0 Å². The number of hydrogen-bond acceptors (Lipinski definition) is 5. The molecule has 0 aliphatic rings. The number of imidazole rings is 1. The Morgan fingerprint density at radius 2 is 1.81 bits per heavy atom. The Morgan fingerprint density at radius 3 is 2.62 bits per heavy atom. The van der Waals surface area contributed by atoms with Crippen molar-refractivity contribution >= 4 is 11.0 Å². The van der Waals surface area contributed by atoms with E-state index in [2.05, 4.69) is 27.4 Å². The van der Waals surface area contributed by atoms with E-state index >= 15 is 0 Å². The zero-order valence-corrected chi connectivity index (χ0v) is 14.5. The van der Waals surface area contributed by atoms with Gasteiger partial charge in [0.15, 0.2) is 5.82 Å². The molecule has 0 amide bonds. The van der Waals surface area contributed by atoms with Gasteiger partial charge in [0.05, 0.1) is 30.3 Å². The predicted molar refractivity (Wildman–Crippen MR) is 96.7 cm³/mol. The van der Waals surface area contributed by atoms with Crippen LogP contribution in [0.4, 0.5) is 0 Å². The Balaban J connectivity index is 1.79. The molecule has 132 valence electrons. The molecule has 3 heterocycles. The van der Waals surface area contributed by atoms with Gasteiger partial charge in [0.25, 0.3) is 0 Å². The summed E-state index contributed by atoms with van der Waals surface area (Å²) in [4.78, 5) is 17.3. The molecule has 0 unspecified atom stereocenters. The number of aromatic nitrogens is 7. The number of aryl methyl sites for hydroxylation is 1. The first-order valence-corrected chi connectivity index (χ1v) is 8.60. The zero-order valence-electron chi connectivity index (χ0n) is 14.5. The van der Waals surface area contributed by atoms with E-state index in [1.165, 1.54) is 0 Å². The van der Waals surface area contributed by atoms with Gasteiger partial charge in [0, 0.05) is 12.7 Å². The zero-order chi connectivity index (χ0) is 17.9. The highest BCUT2D eigenvalue weighted by Crippen LogP contribution is 2.14. The molecule has 1 aromatic carbocycles. The second-order valence-electron chi connectivity index (χ2n) is 6.12. The van der Waals surface area contributed by atoms with Gasteiger partial charge in [-0.05, 0) is 28.5 Å². The summed E-state index contributed by atoms with van der Waals surface area (Å²) >= 11 is 0. The lowest BCUT2D eigenvalue weighted by atomic mass is 10.2. The fourth-order valence-corrected chi connectivity index (χ4v) is 3.10. The molecule has 0 aliphatic heterocycles. The summed E-state index contributed by atoms with van der Waals surface area (Å²) in [6.45, 7) is 3.61. The van der Waals surface area contributed by atoms with Crippen molar-refractivity contribution in [3.63, 3.8) is 0 Å². The Bertz CT molecular complexity index is 1080. The Hall–Kier alpha value is -3.29. The molecule has 8 nitrogen and oxygen atoms in total. The van der Waals surface area contributed by atoms with E-state index in [-0.39, 0.29) is 5.69 Å². The number of pyridine rings is 1. The first-order chi connectivity index (χ1) is 12.8. The average Bonchev–Trinajstić information content (AvgIpc) is 3.21. The van der Waals surface area contributed by atoms with Crippen LogP contribution in [0.25, 0.3) is 11.0 Å². The number of benzene rings is 1. The normalized spacial score (nSPS) is 11.3. The molecule has 0 saturated carbocycles. The van der Waals surface area contributed by atoms with Crippen LogP contribution in [-0.2, 0) is 19.6 Å². The van der Waals surface area contributed by atoms with E-state index in [0.29, 0.717) is 18.9 Å². The van der Waals surface area contributed by atoms with E-state index in [0.717, 1.165) is 29.6 Å². The minimum Gasteiger partial charge on any atom is -0.287 e. The fourth-order valence-electron chi connectivity index (χ4n) is 3.10. The van der Waals surface area contributed by atoms with Gasteiger partial charge in [-0.15, -0.1) is 5.10 Å². The van der Waals surface area contributed by atoms with E-state index in [4.69, 9.17) is 0 Å². The Morgan fingerprint density at radius 1 is 1.00 bits per heavy atom. The van der Waals surface area contributed by atoms with Crippen molar-refractivity contribution in [2.45, 2.75) is 33.0 Å². The van der Waals surface area contributed by atoms with Crippen molar-refractivity contribution in [3.8, 4) is 0 Å². The molecule has 0 saturated heterocycles. The quantitative estimate of drug-likeness (QED) is 0.529. The van der Waals surface area contributed by atoms with Crippen LogP contribution < -0.4 is 5.69 Å². The molecule has 26 heavy (non-hydrogen) atoms. The number of hydrogen-bond donors (Lipinski definition) is 0. The Labute approximate surface area is 149 Å². The summed E-state index contributed by atoms with van der Waals surface area (Å²) in [7, 11) is 0. The second kappa shape index (κ2) is 6.91. The molecule has 4 aromatic rings. The molecule has 0 spiro atoms. The lowest BCUT2D eigenvalue weighted by Crippen LogP contribution is -2.26. The largest absolute Gasteiger partial charge is 0.329 e. The van der Waals surface area contributed by atoms with Crippen LogP contribution in [0.5, 0.6) is 0 Å². The highest BCUT2D eigenvalue weighted by molar-refractivity contribution is 5.75. The van der Waals surface area contributed by atoms with Gasteiger partial charge < -0.3 is 0 Å². The molecule has 4 rings (SSSR count). The van der Waals surface area contributed by atoms with Crippen molar-refractivity contribution in [1.29, 1.82) is 0 Å². The van der Waals surface area contributed by atoms with E-state index in [1.54, 1.807) is 26.2 Å². The van der Waals surface area contributed by atoms with E-state index in [9.17, 15) is 4.79 Å². The third kappa shape index (κ3) is 2.90. The van der Waals surface area contributed by atoms with Crippen LogP contribution in [0.1, 0.15) is 24.7 Å². The first kappa shape index (κ1) is 16.2. The van der Waals surface area contributed by atoms with Gasteiger partial charge in [-0.3, -0.25) is 14.1 Å². The van der Waals surface area contributed by atoms with Crippen molar-refractivity contribution in [2.24, 2.45) is 0 Å². The van der Waals surface area contributed by atoms with Gasteiger partial charge in [-0.25, -0.2) is 9.48 Å². The summed E-state index contributed by atoms with van der Waals surface area (Å²) in [5.74, 6) is 0.663. The molecular formula is C18H19N7O. The van der Waals surface area contributed by atoms with Crippen molar-refractivity contribution in [3.05, 3.63) is 70.7 Å². The summed E-state index contributed by atoms with van der Waals surface area (Å²) in [5.41, 5.74) is 2.60. The molecule has 0 bridgehead atoms. The molecule has 3 aromatic heterocycles. The molecule has 0 atom stereocenters. The molecule has 0 fully saturated rings. The third-order valence-electron chi connectivity index (χ3n) is 4.35. The number of nitrogens with zero attached hydrogens (tertiary/aromatic N) is 7. The maximum atomic E-state index is 13.1. The topological polar surface area (TPSA) is 83.4 Å². The van der Waals surface area contributed by atoms with Crippen molar-refractivity contribution in [1.82, 2.24) is 34.3 Å². The van der Waals surface area contributed by atoms with Crippen LogP contribution >= 0.6 is 0 Å². The lowest BCUT2D eigenvalue weighted by Gasteiger charge is -2.04. The molecule has 0 aliphatic carbocycles. The minimum absolute atomic E-state index is 0.0945. The maximum absolute atomic E-state index is 13.1. The number of rotatable bonds is 6. The maximum Gasteiger partial charge on any atom is 0.329 e. The number of fused-ring (bicyclic) bond motifs is 1. The highest BCUT2D eigenvalue weighted by atomic mass is 16.1. The molecule has 0 N–H and O–H groups in total. The summed E-state index contributed by atoms with van der Waals surface area (Å²) in [6, 6.07) is 11.8. The average molecular weight is 349 g/mol. The van der Waals surface area contributed by atoms with Gasteiger partial charge in [-0.2, -0.15) is 0 Å². The fraction of sp³-hybridized carbons (Fsp3) is 0.278. The van der Waals surface area contributed by atoms with E-state index in [1.807, 2.05) is 36.4 Å². The second-order valence-corrected chi connectivity index (χ2v) is 6.12. The van der Waals surface area contributed by atoms with Gasteiger partial charge in [0.1, 0.15) is 0 Å². The van der Waals surface area contributed by atoms with Gasteiger partial charge in [0.2, 0.25) is 0 Å². The Kier molecular flexibility index (Phi) is 4.30. The predicted octanol–water partition coefficient (Wildman–Crippen LogP) is 1.69. The SMILES string of the molecule is CCCn1nnnc1Cn1c(=O)n(Cc2ccccc2)c2ccncc21. The molecule has 0 radical (unpaired) electrons. The standard InChI is InChI=1S/C18H19N7O/c1-2-10-25-17(20-21-22-25)13-24-16-11-19-9-8-15(16)23(18(24)26)12-14-6-4-3-5-7-14/h3-9,11H,2,10,12-13H2,1H3. The van der Waals surface area contributed by atoms with Crippen molar-refractivity contribution in [2.75, 3.05) is 0 Å². The third-order valence-corrected chi connectivity index (χ3v) is 4.35. The molecule has 8 heteroatoms. The first-order valence-electron chi connectivity index (χ1n) is 8.60. The summed E-state index contributed by atoms with van der Waals surface area (Å²) in [6.07, 6.45) is 4.34.